The minimum atomic E-state index is -3.95. The normalized spacial score (nSPS) is 13.8. The number of anilines is 4. The Labute approximate surface area is 186 Å². The lowest BCUT2D eigenvalue weighted by Crippen LogP contribution is -2.18. The zero-order valence-electron chi connectivity index (χ0n) is 17.6. The Morgan fingerprint density at radius 1 is 1.06 bits per heavy atom. The Bertz CT molecular complexity index is 1180. The number of hydrogen-bond donors (Lipinski definition) is 2. The first-order chi connectivity index (χ1) is 15.4. The molecule has 1 aliphatic rings. The van der Waals surface area contributed by atoms with Crippen LogP contribution >= 0.6 is 0 Å². The van der Waals surface area contributed by atoms with Crippen LogP contribution in [-0.4, -0.2) is 38.3 Å². The number of nitrogens with one attached hydrogen (secondary N) is 2. The molecule has 2 heterocycles. The molecule has 2 aromatic carbocycles. The molecule has 0 aliphatic carbocycles. The molecule has 1 fully saturated rings. The van der Waals surface area contributed by atoms with E-state index in [4.69, 9.17) is 4.74 Å². The van der Waals surface area contributed by atoms with Gasteiger partial charge >= 0.3 is 0 Å². The molecule has 168 valence electrons. The second-order valence-electron chi connectivity index (χ2n) is 7.33. The molecule has 0 spiro atoms. The fourth-order valence-electron chi connectivity index (χ4n) is 3.47. The monoisotopic (exact) mass is 457 g/mol. The molecule has 0 saturated carbocycles. The van der Waals surface area contributed by atoms with Crippen molar-refractivity contribution in [2.75, 3.05) is 34.6 Å². The van der Waals surface area contributed by atoms with Gasteiger partial charge in [-0.25, -0.2) is 12.8 Å². The molecule has 2 N–H and O–H groups in total. The van der Waals surface area contributed by atoms with Crippen LogP contribution in [0.5, 0.6) is 5.75 Å². The Kier molecular flexibility index (Phi) is 6.40. The number of ether oxygens (including phenoxy) is 1. The topological polar surface area (TPSA) is 96.5 Å². The van der Waals surface area contributed by atoms with E-state index in [1.54, 1.807) is 37.4 Å². The summed E-state index contributed by atoms with van der Waals surface area (Å²) < 4.78 is 46.8. The van der Waals surface area contributed by atoms with E-state index in [0.29, 0.717) is 11.5 Å². The Morgan fingerprint density at radius 2 is 1.78 bits per heavy atom. The lowest BCUT2D eigenvalue weighted by Gasteiger charge is -2.17. The van der Waals surface area contributed by atoms with E-state index < -0.39 is 15.8 Å². The maximum atomic E-state index is 14.1. The molecule has 8 nitrogen and oxygen atoms in total. The van der Waals surface area contributed by atoms with E-state index >= 15 is 0 Å². The molecule has 3 aromatic rings. The van der Waals surface area contributed by atoms with Crippen LogP contribution in [0, 0.1) is 5.82 Å². The minimum Gasteiger partial charge on any atom is -0.491 e. The summed E-state index contributed by atoms with van der Waals surface area (Å²) in [6.45, 7) is 4.03. The molecule has 1 saturated heterocycles. The van der Waals surface area contributed by atoms with Crippen LogP contribution in [0.15, 0.2) is 59.6 Å². The summed E-state index contributed by atoms with van der Waals surface area (Å²) in [5.41, 5.74) is 2.10. The minimum absolute atomic E-state index is 0.0128. The second-order valence-corrected chi connectivity index (χ2v) is 9.01. The predicted octanol–water partition coefficient (Wildman–Crippen LogP) is 4.16. The van der Waals surface area contributed by atoms with Gasteiger partial charge in [-0.1, -0.05) is 0 Å². The summed E-state index contributed by atoms with van der Waals surface area (Å²) in [5, 5.41) is 11.3. The van der Waals surface area contributed by atoms with E-state index in [9.17, 15) is 12.8 Å². The summed E-state index contributed by atoms with van der Waals surface area (Å²) >= 11 is 0. The van der Waals surface area contributed by atoms with Crippen LogP contribution in [0.2, 0.25) is 0 Å². The standard InChI is InChI=1S/C22H24FN5O3S/c1-2-31-21-10-9-19(14-20(21)23)32(29,30)27-17-7-5-16(6-8-17)25-22-13-18(15-24-26-22)28-11-3-4-12-28/h5-10,13-15,27H,2-4,11-12H2,1H3,(H,25,26). The summed E-state index contributed by atoms with van der Waals surface area (Å²) in [7, 11) is -3.95. The van der Waals surface area contributed by atoms with Crippen molar-refractivity contribution in [2.45, 2.75) is 24.7 Å². The fraction of sp³-hybridized carbons (Fsp3) is 0.273. The number of rotatable bonds is 8. The highest BCUT2D eigenvalue weighted by Crippen LogP contribution is 2.25. The Balaban J connectivity index is 1.43. The SMILES string of the molecule is CCOc1ccc(S(=O)(=O)Nc2ccc(Nc3cc(N4CCCC4)cnn3)cc2)cc1F. The number of sulfonamides is 1. The first kappa shape index (κ1) is 21.8. The average Bonchev–Trinajstić information content (AvgIpc) is 3.32. The van der Waals surface area contributed by atoms with Crippen molar-refractivity contribution in [1.29, 1.82) is 0 Å². The van der Waals surface area contributed by atoms with Crippen molar-refractivity contribution in [1.82, 2.24) is 10.2 Å². The maximum absolute atomic E-state index is 14.1. The van der Waals surface area contributed by atoms with Crippen LogP contribution in [-0.2, 0) is 10.0 Å². The number of nitrogens with zero attached hydrogens (tertiary/aromatic N) is 3. The second kappa shape index (κ2) is 9.39. The largest absolute Gasteiger partial charge is 0.491 e. The van der Waals surface area contributed by atoms with Gasteiger partial charge in [0.2, 0.25) is 0 Å². The van der Waals surface area contributed by atoms with Crippen molar-refractivity contribution < 1.29 is 17.5 Å². The van der Waals surface area contributed by atoms with Gasteiger partial charge in [0.1, 0.15) is 0 Å². The molecule has 32 heavy (non-hydrogen) atoms. The van der Waals surface area contributed by atoms with E-state index in [1.807, 2.05) is 6.07 Å². The van der Waals surface area contributed by atoms with Gasteiger partial charge in [-0.3, -0.25) is 4.72 Å². The van der Waals surface area contributed by atoms with Gasteiger partial charge in [0.15, 0.2) is 17.4 Å². The van der Waals surface area contributed by atoms with Gasteiger partial charge in [0.05, 0.1) is 23.4 Å². The molecule has 0 unspecified atom stereocenters. The Hall–Kier alpha value is -3.40. The number of halogens is 1. The molecular weight excluding hydrogens is 433 g/mol. The van der Waals surface area contributed by atoms with Crippen molar-refractivity contribution in [3.8, 4) is 5.75 Å². The van der Waals surface area contributed by atoms with Crippen LogP contribution in [0.4, 0.5) is 27.3 Å². The van der Waals surface area contributed by atoms with Crippen molar-refractivity contribution in [3.05, 3.63) is 60.5 Å². The van der Waals surface area contributed by atoms with Crippen LogP contribution in [0.25, 0.3) is 0 Å². The third-order valence-corrected chi connectivity index (χ3v) is 6.41. The van der Waals surface area contributed by atoms with Gasteiger partial charge in [-0.2, -0.15) is 5.10 Å². The first-order valence-corrected chi connectivity index (χ1v) is 11.8. The number of hydrogen-bond acceptors (Lipinski definition) is 7. The molecule has 0 atom stereocenters. The molecule has 0 radical (unpaired) electrons. The van der Waals surface area contributed by atoms with Gasteiger partial charge in [0.25, 0.3) is 10.0 Å². The first-order valence-electron chi connectivity index (χ1n) is 10.3. The summed E-state index contributed by atoms with van der Waals surface area (Å²) in [6.07, 6.45) is 4.09. The van der Waals surface area contributed by atoms with Crippen molar-refractivity contribution in [2.24, 2.45) is 0 Å². The molecular formula is C22H24FN5O3S. The van der Waals surface area contributed by atoms with Crippen LogP contribution in [0.1, 0.15) is 19.8 Å². The zero-order valence-corrected chi connectivity index (χ0v) is 18.4. The highest BCUT2D eigenvalue weighted by atomic mass is 32.2. The third-order valence-electron chi connectivity index (χ3n) is 5.03. The summed E-state index contributed by atoms with van der Waals surface area (Å²) in [6, 6.07) is 12.2. The molecule has 0 amide bonds. The third kappa shape index (κ3) is 5.08. The van der Waals surface area contributed by atoms with Crippen LogP contribution in [0.3, 0.4) is 0 Å². The zero-order chi connectivity index (χ0) is 22.6. The molecule has 4 rings (SSSR count). The molecule has 10 heteroatoms. The summed E-state index contributed by atoms with van der Waals surface area (Å²) in [5.74, 6) is -0.113. The maximum Gasteiger partial charge on any atom is 0.262 e. The average molecular weight is 458 g/mol. The number of aromatic nitrogens is 2. The smallest absolute Gasteiger partial charge is 0.262 e. The molecule has 1 aromatic heterocycles. The fourth-order valence-corrected chi connectivity index (χ4v) is 4.54. The van der Waals surface area contributed by atoms with E-state index in [2.05, 4.69) is 25.1 Å². The predicted molar refractivity (Wildman–Crippen MR) is 122 cm³/mol. The number of benzene rings is 2. The highest BCUT2D eigenvalue weighted by molar-refractivity contribution is 7.92. The van der Waals surface area contributed by atoms with Gasteiger partial charge in [-0.15, -0.1) is 5.10 Å². The van der Waals surface area contributed by atoms with E-state index in [-0.39, 0.29) is 17.3 Å². The lowest BCUT2D eigenvalue weighted by molar-refractivity contribution is 0.321. The van der Waals surface area contributed by atoms with E-state index in [1.165, 1.54) is 25.0 Å². The van der Waals surface area contributed by atoms with Crippen molar-refractivity contribution in [3.63, 3.8) is 0 Å². The lowest BCUT2D eigenvalue weighted by atomic mass is 10.3. The quantitative estimate of drug-likeness (QED) is 0.524. The van der Waals surface area contributed by atoms with Gasteiger partial charge in [-0.05, 0) is 62.2 Å². The molecule has 1 aliphatic heterocycles. The molecule has 0 bridgehead atoms. The summed E-state index contributed by atoms with van der Waals surface area (Å²) in [4.78, 5) is 2.08. The van der Waals surface area contributed by atoms with E-state index in [0.717, 1.165) is 30.5 Å². The van der Waals surface area contributed by atoms with Gasteiger partial charge in [0, 0.05) is 30.5 Å². The Morgan fingerprint density at radius 3 is 2.47 bits per heavy atom. The highest BCUT2D eigenvalue weighted by Gasteiger charge is 2.17. The van der Waals surface area contributed by atoms with Gasteiger partial charge < -0.3 is 15.0 Å². The van der Waals surface area contributed by atoms with Crippen LogP contribution < -0.4 is 19.7 Å². The van der Waals surface area contributed by atoms with Crippen molar-refractivity contribution >= 4 is 32.9 Å².